The van der Waals surface area contributed by atoms with Crippen molar-refractivity contribution in [3.63, 3.8) is 0 Å². The molecule has 4 nitrogen and oxygen atoms in total. The van der Waals surface area contributed by atoms with Crippen LogP contribution in [-0.2, 0) is 0 Å². The molecule has 94 valence electrons. The van der Waals surface area contributed by atoms with Crippen molar-refractivity contribution in [3.05, 3.63) is 23.3 Å². The van der Waals surface area contributed by atoms with E-state index in [2.05, 4.69) is 0 Å². The fourth-order valence-electron chi connectivity index (χ4n) is 1.57. The summed E-state index contributed by atoms with van der Waals surface area (Å²) in [5, 5.41) is 0. The summed E-state index contributed by atoms with van der Waals surface area (Å²) in [6.45, 7) is 5.23. The second-order valence-electron chi connectivity index (χ2n) is 4.57. The number of rotatable bonds is 4. The topological polar surface area (TPSA) is 61.5 Å². The molecule has 0 aliphatic rings. The SMILES string of the molecule is COc1cc(C(=O)C(C)(C)N)c(OC)cc1C. The minimum Gasteiger partial charge on any atom is -0.496 e. The molecule has 0 aliphatic carbocycles. The zero-order chi connectivity index (χ0) is 13.2. The molecule has 0 amide bonds. The molecule has 0 radical (unpaired) electrons. The van der Waals surface area contributed by atoms with Gasteiger partial charge in [-0.3, -0.25) is 4.79 Å². The van der Waals surface area contributed by atoms with Crippen molar-refractivity contribution in [2.75, 3.05) is 14.2 Å². The summed E-state index contributed by atoms with van der Waals surface area (Å²) in [5.74, 6) is 0.998. The van der Waals surface area contributed by atoms with Crippen LogP contribution in [0.25, 0.3) is 0 Å². The molecular formula is C13H19NO3. The Balaban J connectivity index is 3.36. The van der Waals surface area contributed by atoms with Gasteiger partial charge in [0.2, 0.25) is 0 Å². The normalized spacial score (nSPS) is 11.2. The van der Waals surface area contributed by atoms with Crippen molar-refractivity contribution in [2.45, 2.75) is 26.3 Å². The highest BCUT2D eigenvalue weighted by molar-refractivity contribution is 6.05. The average Bonchev–Trinajstić information content (AvgIpc) is 2.26. The Kier molecular flexibility index (Phi) is 3.78. The number of carbonyl (C=O) groups excluding carboxylic acids is 1. The van der Waals surface area contributed by atoms with E-state index in [0.717, 1.165) is 5.56 Å². The molecule has 0 saturated heterocycles. The number of Topliss-reactive ketones (excluding diaryl/α,β-unsaturated/α-hetero) is 1. The molecule has 0 heterocycles. The molecule has 0 aromatic heterocycles. The van der Waals surface area contributed by atoms with Crippen molar-refractivity contribution in [3.8, 4) is 11.5 Å². The Morgan fingerprint density at radius 2 is 1.71 bits per heavy atom. The molecule has 4 heteroatoms. The number of benzene rings is 1. The van der Waals surface area contributed by atoms with Gasteiger partial charge in [-0.25, -0.2) is 0 Å². The van der Waals surface area contributed by atoms with E-state index in [1.54, 1.807) is 33.1 Å². The summed E-state index contributed by atoms with van der Waals surface area (Å²) in [7, 11) is 3.10. The van der Waals surface area contributed by atoms with E-state index in [4.69, 9.17) is 15.2 Å². The largest absolute Gasteiger partial charge is 0.496 e. The quantitative estimate of drug-likeness (QED) is 0.813. The summed E-state index contributed by atoms with van der Waals surface area (Å²) in [6.07, 6.45) is 0. The maximum atomic E-state index is 12.2. The third-order valence-corrected chi connectivity index (χ3v) is 2.55. The van der Waals surface area contributed by atoms with Crippen LogP contribution in [0.1, 0.15) is 29.8 Å². The minimum atomic E-state index is -0.937. The van der Waals surface area contributed by atoms with Crippen LogP contribution in [0.5, 0.6) is 11.5 Å². The smallest absolute Gasteiger partial charge is 0.185 e. The number of ketones is 1. The number of ether oxygens (including phenoxy) is 2. The number of nitrogens with two attached hydrogens (primary N) is 1. The Bertz CT molecular complexity index is 433. The summed E-state index contributed by atoms with van der Waals surface area (Å²) >= 11 is 0. The molecule has 1 aromatic rings. The number of aryl methyl sites for hydroxylation is 1. The lowest BCUT2D eigenvalue weighted by Crippen LogP contribution is -2.41. The van der Waals surface area contributed by atoms with Crippen LogP contribution in [0.4, 0.5) is 0 Å². The first-order valence-electron chi connectivity index (χ1n) is 5.37. The predicted octanol–water partition coefficient (Wildman–Crippen LogP) is 1.93. The van der Waals surface area contributed by atoms with Crippen LogP contribution in [0.3, 0.4) is 0 Å². The van der Waals surface area contributed by atoms with E-state index in [-0.39, 0.29) is 5.78 Å². The first-order valence-corrected chi connectivity index (χ1v) is 5.37. The predicted molar refractivity (Wildman–Crippen MR) is 66.9 cm³/mol. The molecule has 0 spiro atoms. The van der Waals surface area contributed by atoms with Crippen LogP contribution in [0.2, 0.25) is 0 Å². The Labute approximate surface area is 102 Å². The van der Waals surface area contributed by atoms with Gasteiger partial charge in [0.05, 0.1) is 25.3 Å². The molecule has 0 aliphatic heterocycles. The number of hydrogen-bond acceptors (Lipinski definition) is 4. The van der Waals surface area contributed by atoms with Crippen molar-refractivity contribution in [1.29, 1.82) is 0 Å². The van der Waals surface area contributed by atoms with E-state index in [0.29, 0.717) is 17.1 Å². The minimum absolute atomic E-state index is 0.173. The van der Waals surface area contributed by atoms with Gasteiger partial charge in [0.15, 0.2) is 5.78 Å². The molecule has 1 aromatic carbocycles. The van der Waals surface area contributed by atoms with Gasteiger partial charge < -0.3 is 15.2 Å². The maximum absolute atomic E-state index is 12.2. The highest BCUT2D eigenvalue weighted by atomic mass is 16.5. The lowest BCUT2D eigenvalue weighted by Gasteiger charge is -2.19. The molecule has 0 fully saturated rings. The lowest BCUT2D eigenvalue weighted by atomic mass is 9.93. The molecular weight excluding hydrogens is 218 g/mol. The van der Waals surface area contributed by atoms with Gasteiger partial charge in [-0.05, 0) is 38.5 Å². The van der Waals surface area contributed by atoms with Crippen molar-refractivity contribution < 1.29 is 14.3 Å². The van der Waals surface area contributed by atoms with E-state index in [1.807, 2.05) is 6.92 Å². The van der Waals surface area contributed by atoms with Gasteiger partial charge in [0.1, 0.15) is 11.5 Å². The Hall–Kier alpha value is -1.55. The summed E-state index contributed by atoms with van der Waals surface area (Å²) in [4.78, 5) is 12.2. The highest BCUT2D eigenvalue weighted by Crippen LogP contribution is 2.30. The third-order valence-electron chi connectivity index (χ3n) is 2.55. The van der Waals surface area contributed by atoms with Gasteiger partial charge in [0.25, 0.3) is 0 Å². The fourth-order valence-corrected chi connectivity index (χ4v) is 1.57. The van der Waals surface area contributed by atoms with E-state index >= 15 is 0 Å². The second kappa shape index (κ2) is 4.75. The van der Waals surface area contributed by atoms with Gasteiger partial charge in [-0.2, -0.15) is 0 Å². The van der Waals surface area contributed by atoms with Crippen LogP contribution in [-0.4, -0.2) is 25.5 Å². The Morgan fingerprint density at radius 1 is 1.18 bits per heavy atom. The average molecular weight is 237 g/mol. The molecule has 1 rings (SSSR count). The van der Waals surface area contributed by atoms with Crippen molar-refractivity contribution in [2.24, 2.45) is 5.73 Å². The number of hydrogen-bond donors (Lipinski definition) is 1. The van der Waals surface area contributed by atoms with Crippen LogP contribution < -0.4 is 15.2 Å². The molecule has 0 unspecified atom stereocenters. The number of methoxy groups -OCH3 is 2. The highest BCUT2D eigenvalue weighted by Gasteiger charge is 2.27. The van der Waals surface area contributed by atoms with E-state index in [1.165, 1.54) is 7.11 Å². The maximum Gasteiger partial charge on any atom is 0.185 e. The summed E-state index contributed by atoms with van der Waals surface area (Å²) < 4.78 is 10.4. The summed E-state index contributed by atoms with van der Waals surface area (Å²) in [6, 6.07) is 3.45. The van der Waals surface area contributed by atoms with Crippen LogP contribution in [0.15, 0.2) is 12.1 Å². The zero-order valence-corrected chi connectivity index (χ0v) is 11.0. The van der Waals surface area contributed by atoms with E-state index in [9.17, 15) is 4.79 Å². The van der Waals surface area contributed by atoms with E-state index < -0.39 is 5.54 Å². The monoisotopic (exact) mass is 237 g/mol. The summed E-state index contributed by atoms with van der Waals surface area (Å²) in [5.41, 5.74) is 6.24. The van der Waals surface area contributed by atoms with Crippen LogP contribution >= 0.6 is 0 Å². The van der Waals surface area contributed by atoms with Crippen molar-refractivity contribution >= 4 is 5.78 Å². The van der Waals surface area contributed by atoms with Gasteiger partial charge in [-0.1, -0.05) is 0 Å². The lowest BCUT2D eigenvalue weighted by molar-refractivity contribution is 0.0910. The Morgan fingerprint density at radius 3 is 2.12 bits per heavy atom. The molecule has 0 saturated carbocycles. The van der Waals surface area contributed by atoms with Crippen LogP contribution in [0, 0.1) is 6.92 Å². The molecule has 17 heavy (non-hydrogen) atoms. The number of carbonyl (C=O) groups is 1. The van der Waals surface area contributed by atoms with Gasteiger partial charge in [0, 0.05) is 0 Å². The molecule has 2 N–H and O–H groups in total. The second-order valence-corrected chi connectivity index (χ2v) is 4.57. The molecule has 0 bridgehead atoms. The fraction of sp³-hybridized carbons (Fsp3) is 0.462. The third kappa shape index (κ3) is 2.77. The first-order chi connectivity index (χ1) is 7.81. The standard InChI is InChI=1S/C13H19NO3/c1-8-6-11(17-5)9(7-10(8)16-4)12(15)13(2,3)14/h6-7H,14H2,1-5H3. The van der Waals surface area contributed by atoms with Gasteiger partial charge in [-0.15, -0.1) is 0 Å². The van der Waals surface area contributed by atoms with Gasteiger partial charge >= 0.3 is 0 Å². The first kappa shape index (κ1) is 13.5. The van der Waals surface area contributed by atoms with Crippen molar-refractivity contribution in [1.82, 2.24) is 0 Å². The zero-order valence-electron chi connectivity index (χ0n) is 11.0. The molecule has 0 atom stereocenters.